The van der Waals surface area contributed by atoms with Crippen molar-refractivity contribution in [2.75, 3.05) is 12.3 Å². The van der Waals surface area contributed by atoms with Crippen molar-refractivity contribution in [2.24, 2.45) is 5.16 Å². The largest absolute Gasteiger partial charge is 0.463 e. The van der Waals surface area contributed by atoms with E-state index >= 15 is 0 Å². The maximum Gasteiger partial charge on any atom is 0.362 e. The lowest BCUT2D eigenvalue weighted by Crippen LogP contribution is -2.71. The summed E-state index contributed by atoms with van der Waals surface area (Å²) in [6.45, 7) is 6.26. The second-order valence-electron chi connectivity index (χ2n) is 7.41. The van der Waals surface area contributed by atoms with Crippen molar-refractivity contribution in [1.82, 2.24) is 14.6 Å². The van der Waals surface area contributed by atoms with Crippen LogP contribution in [0.15, 0.2) is 10.5 Å². The molecule has 0 unspecified atom stereocenters. The Morgan fingerprint density at radius 3 is 2.59 bits per heavy atom. The number of nitrogens with one attached hydrogen (secondary N) is 1. The van der Waals surface area contributed by atoms with Gasteiger partial charge in [0.25, 0.3) is 11.8 Å². The summed E-state index contributed by atoms with van der Waals surface area (Å²) in [5.74, 6) is -2.64. The quantitative estimate of drug-likeness (QED) is 0.101. The highest BCUT2D eigenvalue weighted by atomic mass is 32.2. The first-order chi connectivity index (χ1) is 14.8. The van der Waals surface area contributed by atoms with Gasteiger partial charge in [0.05, 0.1) is 12.6 Å². The standard InChI is InChI=1S/C17H25N5O8S2/c1-5-6-7-29-15(25)17(3,4)30-21-12(10-8-31-16(18)19-10)13(23)20-11-9(2)22(14(11)24)32(26,27)28/h8-9,11H,5-7H2,1-4H3,(H2,18,19)(H,20,23)(H,26,27,28)/b21-12-/t9-,11-/m0/s1. The zero-order valence-corrected chi connectivity index (χ0v) is 19.5. The fourth-order valence-corrected chi connectivity index (χ4v) is 4.02. The van der Waals surface area contributed by atoms with Gasteiger partial charge in [-0.15, -0.1) is 11.3 Å². The van der Waals surface area contributed by atoms with Crippen LogP contribution in [0.4, 0.5) is 5.13 Å². The molecular formula is C17H25N5O8S2. The fourth-order valence-electron chi connectivity index (χ4n) is 2.59. The number of aromatic nitrogens is 1. The van der Waals surface area contributed by atoms with E-state index in [1.165, 1.54) is 26.2 Å². The van der Waals surface area contributed by atoms with Crippen LogP contribution in [0.2, 0.25) is 0 Å². The third kappa shape index (κ3) is 5.72. The van der Waals surface area contributed by atoms with Crippen molar-refractivity contribution in [3.05, 3.63) is 11.1 Å². The van der Waals surface area contributed by atoms with Crippen molar-refractivity contribution in [3.63, 3.8) is 0 Å². The molecule has 2 atom stereocenters. The number of β-lactam (4-membered cyclic amide) rings is 1. The Morgan fingerprint density at radius 1 is 1.44 bits per heavy atom. The fraction of sp³-hybridized carbons (Fsp3) is 0.588. The molecule has 32 heavy (non-hydrogen) atoms. The van der Waals surface area contributed by atoms with Crippen LogP contribution in [-0.2, 0) is 34.3 Å². The van der Waals surface area contributed by atoms with E-state index in [1.54, 1.807) is 0 Å². The Hall–Kier alpha value is -2.78. The summed E-state index contributed by atoms with van der Waals surface area (Å²) < 4.78 is 36.9. The summed E-state index contributed by atoms with van der Waals surface area (Å²) in [7, 11) is -4.75. The van der Waals surface area contributed by atoms with Crippen molar-refractivity contribution in [1.29, 1.82) is 0 Å². The molecule has 2 rings (SSSR count). The summed E-state index contributed by atoms with van der Waals surface area (Å²) in [6, 6.07) is -2.27. The highest BCUT2D eigenvalue weighted by Gasteiger charge is 2.51. The van der Waals surface area contributed by atoms with E-state index in [0.29, 0.717) is 6.42 Å². The number of unbranched alkanes of at least 4 members (excludes halogenated alkanes) is 1. The van der Waals surface area contributed by atoms with E-state index in [4.69, 9.17) is 19.9 Å². The number of oxime groups is 1. The third-order valence-electron chi connectivity index (χ3n) is 4.44. The molecule has 15 heteroatoms. The Morgan fingerprint density at radius 2 is 2.09 bits per heavy atom. The summed E-state index contributed by atoms with van der Waals surface area (Å²) in [5, 5.41) is 7.63. The van der Waals surface area contributed by atoms with Gasteiger partial charge in [-0.1, -0.05) is 18.5 Å². The van der Waals surface area contributed by atoms with Gasteiger partial charge in [0.1, 0.15) is 11.7 Å². The third-order valence-corrected chi connectivity index (χ3v) is 6.12. The second kappa shape index (κ2) is 9.79. The van der Waals surface area contributed by atoms with Crippen molar-refractivity contribution >= 4 is 50.3 Å². The molecule has 2 amide bonds. The van der Waals surface area contributed by atoms with E-state index in [2.05, 4.69) is 15.5 Å². The topological polar surface area (TPSA) is 191 Å². The van der Waals surface area contributed by atoms with Crippen LogP contribution in [0, 0.1) is 0 Å². The summed E-state index contributed by atoms with van der Waals surface area (Å²) in [5.41, 5.74) is 3.70. The average molecular weight is 492 g/mol. The van der Waals surface area contributed by atoms with Gasteiger partial charge in [0, 0.05) is 5.38 Å². The van der Waals surface area contributed by atoms with Crippen LogP contribution in [0.1, 0.15) is 46.2 Å². The lowest BCUT2D eigenvalue weighted by Gasteiger charge is -2.42. The van der Waals surface area contributed by atoms with Crippen molar-refractivity contribution in [3.8, 4) is 0 Å². The highest BCUT2D eigenvalue weighted by Crippen LogP contribution is 2.23. The number of ether oxygens (including phenoxy) is 1. The maximum absolute atomic E-state index is 12.8. The minimum atomic E-state index is -4.75. The molecule has 13 nitrogen and oxygen atoms in total. The van der Waals surface area contributed by atoms with Crippen LogP contribution in [0.5, 0.6) is 0 Å². The molecule has 0 bridgehead atoms. The first-order valence-corrected chi connectivity index (χ1v) is 11.8. The van der Waals surface area contributed by atoms with Gasteiger partial charge in [-0.3, -0.25) is 14.1 Å². The molecule has 1 aliphatic rings. The Bertz CT molecular complexity index is 1020. The normalized spacial score (nSPS) is 19.3. The van der Waals surface area contributed by atoms with Crippen LogP contribution in [-0.4, -0.2) is 70.0 Å². The molecule has 1 saturated heterocycles. The number of esters is 1. The molecule has 0 aromatic carbocycles. The molecule has 1 fully saturated rings. The number of amides is 2. The minimum absolute atomic E-state index is 0.0196. The van der Waals surface area contributed by atoms with E-state index in [-0.39, 0.29) is 21.7 Å². The van der Waals surface area contributed by atoms with Crippen molar-refractivity contribution < 1.29 is 36.9 Å². The molecule has 1 aromatic heterocycles. The Labute approximate surface area is 188 Å². The highest BCUT2D eigenvalue weighted by molar-refractivity contribution is 7.84. The van der Waals surface area contributed by atoms with E-state index in [1.807, 2.05) is 6.92 Å². The molecule has 0 aliphatic carbocycles. The lowest BCUT2D eigenvalue weighted by atomic mass is 10.0. The number of nitrogens with two attached hydrogens (primary N) is 1. The number of anilines is 1. The molecule has 1 aliphatic heterocycles. The molecule has 2 heterocycles. The van der Waals surface area contributed by atoms with E-state index in [9.17, 15) is 22.8 Å². The molecule has 1 aromatic rings. The van der Waals surface area contributed by atoms with Gasteiger partial charge in [-0.25, -0.2) is 14.1 Å². The molecular weight excluding hydrogens is 466 g/mol. The Balaban J connectivity index is 2.20. The number of nitrogen functional groups attached to an aromatic ring is 1. The maximum atomic E-state index is 12.8. The van der Waals surface area contributed by atoms with Crippen LogP contribution in [0.25, 0.3) is 0 Å². The first-order valence-electron chi connectivity index (χ1n) is 9.56. The van der Waals surface area contributed by atoms with E-state index < -0.39 is 51.5 Å². The van der Waals surface area contributed by atoms with Gasteiger partial charge in [-0.2, -0.15) is 8.42 Å². The average Bonchev–Trinajstić information content (AvgIpc) is 3.11. The molecule has 4 N–H and O–H groups in total. The number of carbonyl (C=O) groups excluding carboxylic acids is 3. The van der Waals surface area contributed by atoms with Gasteiger partial charge < -0.3 is 20.6 Å². The van der Waals surface area contributed by atoms with Gasteiger partial charge in [-0.05, 0) is 27.2 Å². The number of hydrogen-bond donors (Lipinski definition) is 3. The monoisotopic (exact) mass is 491 g/mol. The lowest BCUT2D eigenvalue weighted by molar-refractivity contribution is -0.168. The smallest absolute Gasteiger partial charge is 0.362 e. The number of carbonyl (C=O) groups is 3. The van der Waals surface area contributed by atoms with E-state index in [0.717, 1.165) is 17.8 Å². The van der Waals surface area contributed by atoms with Crippen LogP contribution < -0.4 is 11.1 Å². The number of hydrogen-bond acceptors (Lipinski definition) is 11. The van der Waals surface area contributed by atoms with Gasteiger partial charge in [0.2, 0.25) is 5.60 Å². The summed E-state index contributed by atoms with van der Waals surface area (Å²) >= 11 is 1.02. The van der Waals surface area contributed by atoms with Gasteiger partial charge >= 0.3 is 16.3 Å². The van der Waals surface area contributed by atoms with Crippen molar-refractivity contribution in [2.45, 2.75) is 58.2 Å². The molecule has 0 spiro atoms. The summed E-state index contributed by atoms with van der Waals surface area (Å²) in [6.07, 6.45) is 1.50. The molecule has 0 radical (unpaired) electrons. The number of nitrogens with zero attached hydrogens (tertiary/aromatic N) is 3. The first kappa shape index (κ1) is 25.5. The van der Waals surface area contributed by atoms with Gasteiger partial charge in [0.15, 0.2) is 10.8 Å². The zero-order chi connectivity index (χ0) is 24.3. The molecule has 178 valence electrons. The predicted molar refractivity (Wildman–Crippen MR) is 114 cm³/mol. The van der Waals surface area contributed by atoms with Crippen LogP contribution >= 0.6 is 11.3 Å². The number of rotatable bonds is 10. The predicted octanol–water partition coefficient (Wildman–Crippen LogP) is 0.0862. The second-order valence-corrected chi connectivity index (χ2v) is 9.58. The Kier molecular flexibility index (Phi) is 7.79. The zero-order valence-electron chi connectivity index (χ0n) is 17.9. The summed E-state index contributed by atoms with van der Waals surface area (Å²) in [4.78, 5) is 46.3. The molecule has 0 saturated carbocycles. The van der Waals surface area contributed by atoms with Crippen LogP contribution in [0.3, 0.4) is 0 Å². The number of thiazole rings is 1. The minimum Gasteiger partial charge on any atom is -0.463 e. The SMILES string of the molecule is CCCCOC(=O)C(C)(C)O/N=C(\C(=O)N[C@@H]1C(=O)N(S(=O)(=O)O)[C@H]1C)c1csc(N)n1.